The van der Waals surface area contributed by atoms with E-state index in [0.29, 0.717) is 0 Å². The Hall–Kier alpha value is -0.410. The summed E-state index contributed by atoms with van der Waals surface area (Å²) in [7, 11) is 0. The number of halogens is 1. The molecule has 0 amide bonds. The summed E-state index contributed by atoms with van der Waals surface area (Å²) >= 11 is 3.30. The van der Waals surface area contributed by atoms with Crippen LogP contribution in [0.5, 0.6) is 0 Å². The zero-order valence-corrected chi connectivity index (χ0v) is 9.42. The van der Waals surface area contributed by atoms with Gasteiger partial charge in [-0.2, -0.15) is 0 Å². The van der Waals surface area contributed by atoms with Crippen molar-refractivity contribution >= 4 is 15.9 Å². The van der Waals surface area contributed by atoms with E-state index in [9.17, 15) is 0 Å². The van der Waals surface area contributed by atoms with Crippen LogP contribution >= 0.6 is 15.9 Å². The Kier molecular flexibility index (Phi) is 4.39. The van der Waals surface area contributed by atoms with Crippen LogP contribution in [0.3, 0.4) is 0 Å². The molecule has 1 heterocycles. The molecule has 0 aliphatic carbocycles. The minimum atomic E-state index is 0.139. The van der Waals surface area contributed by atoms with Crippen molar-refractivity contribution in [3.8, 4) is 0 Å². The number of nitrogens with two attached hydrogens (primary N) is 1. The van der Waals surface area contributed by atoms with Crippen LogP contribution in [0.1, 0.15) is 37.8 Å². The van der Waals surface area contributed by atoms with Crippen LogP contribution in [-0.4, -0.2) is 4.98 Å². The van der Waals surface area contributed by atoms with E-state index < -0.39 is 0 Å². The highest BCUT2D eigenvalue weighted by Gasteiger charge is 2.04. The molecular weight excluding hydrogens is 228 g/mol. The van der Waals surface area contributed by atoms with Crippen molar-refractivity contribution < 1.29 is 0 Å². The topological polar surface area (TPSA) is 38.9 Å². The number of hydrogen-bond donors (Lipinski definition) is 1. The van der Waals surface area contributed by atoms with Gasteiger partial charge in [0.2, 0.25) is 0 Å². The molecule has 0 aliphatic rings. The quantitative estimate of drug-likeness (QED) is 0.825. The van der Waals surface area contributed by atoms with Crippen LogP contribution in [0, 0.1) is 0 Å². The molecule has 0 aliphatic heterocycles. The lowest BCUT2D eigenvalue weighted by Crippen LogP contribution is -2.10. The number of aromatic nitrogens is 1. The van der Waals surface area contributed by atoms with E-state index in [1.807, 2.05) is 18.3 Å². The molecule has 0 unspecified atom stereocenters. The van der Waals surface area contributed by atoms with E-state index in [4.69, 9.17) is 5.73 Å². The van der Waals surface area contributed by atoms with Gasteiger partial charge >= 0.3 is 0 Å². The number of nitrogens with zero attached hydrogens (tertiary/aromatic N) is 1. The lowest BCUT2D eigenvalue weighted by atomic mass is 10.0. The second-order valence-corrected chi connectivity index (χ2v) is 3.98. The van der Waals surface area contributed by atoms with Crippen molar-refractivity contribution in [3.63, 3.8) is 0 Å². The standard InChI is InChI=1S/C10H15BrN2/c1-2-3-4-9(12)8-5-6-10(11)13-7-8/h5-7,9H,2-4,12H2,1H3/t9-/m0/s1. The molecule has 3 heteroatoms. The first-order valence-corrected chi connectivity index (χ1v) is 5.40. The number of pyridine rings is 1. The smallest absolute Gasteiger partial charge is 0.106 e. The average Bonchev–Trinajstić information content (AvgIpc) is 2.15. The van der Waals surface area contributed by atoms with Gasteiger partial charge in [-0.3, -0.25) is 0 Å². The number of rotatable bonds is 4. The lowest BCUT2D eigenvalue weighted by molar-refractivity contribution is 0.601. The predicted molar refractivity (Wildman–Crippen MR) is 58.4 cm³/mol. The summed E-state index contributed by atoms with van der Waals surface area (Å²) < 4.78 is 0.860. The molecule has 2 N–H and O–H groups in total. The fourth-order valence-corrected chi connectivity index (χ4v) is 1.43. The summed E-state index contributed by atoms with van der Waals surface area (Å²) in [5.41, 5.74) is 7.10. The van der Waals surface area contributed by atoms with Gasteiger partial charge in [0.1, 0.15) is 4.60 Å². The summed E-state index contributed by atoms with van der Waals surface area (Å²) in [6.45, 7) is 2.17. The van der Waals surface area contributed by atoms with Crippen molar-refractivity contribution in [2.24, 2.45) is 5.73 Å². The lowest BCUT2D eigenvalue weighted by Gasteiger charge is -2.10. The summed E-state index contributed by atoms with van der Waals surface area (Å²) in [6, 6.07) is 4.10. The molecule has 1 aromatic heterocycles. The largest absolute Gasteiger partial charge is 0.324 e. The van der Waals surface area contributed by atoms with Crippen molar-refractivity contribution in [2.45, 2.75) is 32.2 Å². The Morgan fingerprint density at radius 3 is 2.85 bits per heavy atom. The Labute approximate surface area is 87.7 Å². The second kappa shape index (κ2) is 5.35. The van der Waals surface area contributed by atoms with Gasteiger partial charge in [0, 0.05) is 12.2 Å². The summed E-state index contributed by atoms with van der Waals surface area (Å²) in [5, 5.41) is 0. The SMILES string of the molecule is CCCC[C@H](N)c1ccc(Br)nc1. The first-order valence-electron chi connectivity index (χ1n) is 4.61. The molecular formula is C10H15BrN2. The molecule has 72 valence electrons. The second-order valence-electron chi connectivity index (χ2n) is 3.16. The fourth-order valence-electron chi connectivity index (χ4n) is 1.20. The maximum atomic E-state index is 5.98. The van der Waals surface area contributed by atoms with Gasteiger partial charge in [0.05, 0.1) is 0 Å². The van der Waals surface area contributed by atoms with Crippen molar-refractivity contribution in [3.05, 3.63) is 28.5 Å². The van der Waals surface area contributed by atoms with Crippen LogP contribution in [0.15, 0.2) is 22.9 Å². The molecule has 0 aromatic carbocycles. The van der Waals surface area contributed by atoms with Crippen LogP contribution in [0.25, 0.3) is 0 Å². The molecule has 13 heavy (non-hydrogen) atoms. The van der Waals surface area contributed by atoms with E-state index >= 15 is 0 Å². The molecule has 0 bridgehead atoms. The van der Waals surface area contributed by atoms with Gasteiger partial charge < -0.3 is 5.73 Å². The molecule has 1 aromatic rings. The first kappa shape index (κ1) is 10.7. The predicted octanol–water partition coefficient (Wildman–Crippen LogP) is 3.03. The summed E-state index contributed by atoms with van der Waals surface area (Å²) in [4.78, 5) is 4.14. The Morgan fingerprint density at radius 2 is 2.31 bits per heavy atom. The minimum Gasteiger partial charge on any atom is -0.324 e. The molecule has 0 saturated carbocycles. The average molecular weight is 243 g/mol. The minimum absolute atomic E-state index is 0.139. The Balaban J connectivity index is 2.55. The molecule has 1 atom stereocenters. The molecule has 0 saturated heterocycles. The summed E-state index contributed by atoms with van der Waals surface area (Å²) in [5.74, 6) is 0. The van der Waals surface area contributed by atoms with Crippen LogP contribution in [0.4, 0.5) is 0 Å². The van der Waals surface area contributed by atoms with E-state index in [-0.39, 0.29) is 6.04 Å². The first-order chi connectivity index (χ1) is 6.24. The summed E-state index contributed by atoms with van der Waals surface area (Å²) in [6.07, 6.45) is 5.25. The van der Waals surface area contributed by atoms with Gasteiger partial charge in [0.15, 0.2) is 0 Å². The van der Waals surface area contributed by atoms with Crippen molar-refractivity contribution in [1.29, 1.82) is 0 Å². The van der Waals surface area contributed by atoms with Gasteiger partial charge in [-0.15, -0.1) is 0 Å². The molecule has 0 radical (unpaired) electrons. The molecule has 2 nitrogen and oxygen atoms in total. The highest BCUT2D eigenvalue weighted by atomic mass is 79.9. The highest BCUT2D eigenvalue weighted by Crippen LogP contribution is 2.17. The Morgan fingerprint density at radius 1 is 1.54 bits per heavy atom. The third kappa shape index (κ3) is 3.44. The maximum absolute atomic E-state index is 5.98. The van der Waals surface area contributed by atoms with Gasteiger partial charge in [-0.25, -0.2) is 4.98 Å². The van der Waals surface area contributed by atoms with Gasteiger partial charge in [-0.05, 0) is 34.0 Å². The molecule has 0 spiro atoms. The van der Waals surface area contributed by atoms with E-state index in [1.54, 1.807) is 0 Å². The molecule has 1 rings (SSSR count). The van der Waals surface area contributed by atoms with Crippen LogP contribution in [0.2, 0.25) is 0 Å². The maximum Gasteiger partial charge on any atom is 0.106 e. The molecule has 0 fully saturated rings. The number of unbranched alkanes of at least 4 members (excludes halogenated alkanes) is 1. The van der Waals surface area contributed by atoms with Crippen LogP contribution < -0.4 is 5.73 Å². The van der Waals surface area contributed by atoms with Gasteiger partial charge in [-0.1, -0.05) is 25.8 Å². The monoisotopic (exact) mass is 242 g/mol. The fraction of sp³-hybridized carbons (Fsp3) is 0.500. The third-order valence-electron chi connectivity index (χ3n) is 2.05. The highest BCUT2D eigenvalue weighted by molar-refractivity contribution is 9.10. The zero-order valence-electron chi connectivity index (χ0n) is 7.83. The third-order valence-corrected chi connectivity index (χ3v) is 2.52. The van der Waals surface area contributed by atoms with Gasteiger partial charge in [0.25, 0.3) is 0 Å². The van der Waals surface area contributed by atoms with Crippen molar-refractivity contribution in [2.75, 3.05) is 0 Å². The Bertz CT molecular complexity index is 246. The number of hydrogen-bond acceptors (Lipinski definition) is 2. The van der Waals surface area contributed by atoms with Crippen molar-refractivity contribution in [1.82, 2.24) is 4.98 Å². The van der Waals surface area contributed by atoms with E-state index in [0.717, 1.165) is 16.6 Å². The normalized spacial score (nSPS) is 12.8. The van der Waals surface area contributed by atoms with E-state index in [2.05, 4.69) is 27.8 Å². The van der Waals surface area contributed by atoms with E-state index in [1.165, 1.54) is 12.8 Å². The van der Waals surface area contributed by atoms with Crippen LogP contribution in [-0.2, 0) is 0 Å². The zero-order chi connectivity index (χ0) is 9.68.